The van der Waals surface area contributed by atoms with Crippen molar-refractivity contribution >= 4 is 11.9 Å². The molecule has 1 amide bonds. The summed E-state index contributed by atoms with van der Waals surface area (Å²) in [5.41, 5.74) is 3.96. The molecule has 3 rings (SSSR count). The number of phenols is 1. The van der Waals surface area contributed by atoms with Crippen LogP contribution in [0.25, 0.3) is 0 Å². The summed E-state index contributed by atoms with van der Waals surface area (Å²) in [5.74, 6) is -1.11. The van der Waals surface area contributed by atoms with E-state index >= 15 is 0 Å². The topological polar surface area (TPSA) is 139 Å². The highest BCUT2D eigenvalue weighted by Crippen LogP contribution is 2.22. The van der Waals surface area contributed by atoms with Crippen molar-refractivity contribution in [2.45, 2.75) is 45.1 Å². The maximum Gasteiger partial charge on any atom is 0.335 e. The molecule has 3 aromatic rings. The van der Waals surface area contributed by atoms with Crippen LogP contribution in [0.2, 0.25) is 0 Å². The third kappa shape index (κ3) is 7.91. The molecule has 0 radical (unpaired) electrons. The molecule has 6 N–H and O–H groups in total. The van der Waals surface area contributed by atoms with Gasteiger partial charge in [-0.1, -0.05) is 42.5 Å². The van der Waals surface area contributed by atoms with Crippen LogP contribution in [0.5, 0.6) is 5.75 Å². The van der Waals surface area contributed by atoms with E-state index in [2.05, 4.69) is 10.6 Å². The van der Waals surface area contributed by atoms with Crippen molar-refractivity contribution in [3.63, 3.8) is 0 Å². The SMILES string of the molecule is C[C@H](Cc1cccc(CC(=O)NCc2ccc(C(=O)O)cc2)c1)NC[C@H](O)c1ccc(O)c(CO)c1. The number of aromatic hydroxyl groups is 1. The minimum absolute atomic E-state index is 0.00210. The van der Waals surface area contributed by atoms with E-state index < -0.39 is 12.1 Å². The van der Waals surface area contributed by atoms with Gasteiger partial charge < -0.3 is 31.1 Å². The van der Waals surface area contributed by atoms with Crippen LogP contribution in [0.15, 0.2) is 66.7 Å². The van der Waals surface area contributed by atoms with Crippen LogP contribution in [-0.2, 0) is 30.8 Å². The minimum Gasteiger partial charge on any atom is -0.508 e. The van der Waals surface area contributed by atoms with Crippen LogP contribution in [0, 0.1) is 0 Å². The Labute approximate surface area is 210 Å². The van der Waals surface area contributed by atoms with Gasteiger partial charge in [-0.15, -0.1) is 0 Å². The lowest BCUT2D eigenvalue weighted by molar-refractivity contribution is -0.120. The lowest BCUT2D eigenvalue weighted by Crippen LogP contribution is -2.32. The summed E-state index contributed by atoms with van der Waals surface area (Å²) in [5, 5.41) is 44.6. The van der Waals surface area contributed by atoms with Gasteiger partial charge in [0.1, 0.15) is 5.75 Å². The maximum atomic E-state index is 12.4. The molecule has 8 nitrogen and oxygen atoms in total. The highest BCUT2D eigenvalue weighted by Gasteiger charge is 2.13. The van der Waals surface area contributed by atoms with Crippen LogP contribution < -0.4 is 10.6 Å². The Bertz CT molecular complexity index is 1180. The summed E-state index contributed by atoms with van der Waals surface area (Å²) in [4.78, 5) is 23.3. The van der Waals surface area contributed by atoms with E-state index in [0.29, 0.717) is 30.6 Å². The van der Waals surface area contributed by atoms with Crippen LogP contribution >= 0.6 is 0 Å². The molecule has 0 aliphatic carbocycles. The second kappa shape index (κ2) is 12.8. The van der Waals surface area contributed by atoms with E-state index in [9.17, 15) is 24.9 Å². The number of carboxylic acid groups (broad SMARTS) is 1. The zero-order valence-electron chi connectivity index (χ0n) is 20.1. The van der Waals surface area contributed by atoms with Crippen molar-refractivity contribution in [3.8, 4) is 5.75 Å². The molecule has 0 aliphatic rings. The average molecular weight is 493 g/mol. The zero-order valence-corrected chi connectivity index (χ0v) is 20.1. The zero-order chi connectivity index (χ0) is 26.1. The summed E-state index contributed by atoms with van der Waals surface area (Å²) in [6, 6.07) is 18.9. The molecule has 2 atom stereocenters. The van der Waals surface area contributed by atoms with Gasteiger partial charge in [0.15, 0.2) is 0 Å². The second-order valence-corrected chi connectivity index (χ2v) is 8.85. The summed E-state index contributed by atoms with van der Waals surface area (Å²) in [6.07, 6.45) is 0.152. The van der Waals surface area contributed by atoms with Crippen LogP contribution in [0.4, 0.5) is 0 Å². The van der Waals surface area contributed by atoms with E-state index in [1.54, 1.807) is 24.3 Å². The molecule has 0 saturated heterocycles. The molecule has 36 heavy (non-hydrogen) atoms. The Morgan fingerprint density at radius 1 is 0.944 bits per heavy atom. The highest BCUT2D eigenvalue weighted by atomic mass is 16.4. The number of aliphatic hydroxyl groups is 2. The van der Waals surface area contributed by atoms with Gasteiger partial charge in [0.05, 0.1) is 24.7 Å². The van der Waals surface area contributed by atoms with E-state index in [0.717, 1.165) is 16.7 Å². The molecule has 0 aromatic heterocycles. The van der Waals surface area contributed by atoms with Crippen molar-refractivity contribution in [1.82, 2.24) is 10.6 Å². The Morgan fingerprint density at radius 2 is 1.67 bits per heavy atom. The fourth-order valence-corrected chi connectivity index (χ4v) is 3.88. The number of aromatic carboxylic acids is 1. The monoisotopic (exact) mass is 492 g/mol. The molecule has 0 spiro atoms. The fraction of sp³-hybridized carbons (Fsp3) is 0.286. The van der Waals surface area contributed by atoms with Crippen molar-refractivity contribution in [3.05, 3.63) is 100 Å². The number of carbonyl (C=O) groups is 2. The van der Waals surface area contributed by atoms with E-state index in [1.807, 2.05) is 31.2 Å². The van der Waals surface area contributed by atoms with Crippen molar-refractivity contribution in [1.29, 1.82) is 0 Å². The molecule has 8 heteroatoms. The second-order valence-electron chi connectivity index (χ2n) is 8.85. The van der Waals surface area contributed by atoms with Crippen LogP contribution in [-0.4, -0.2) is 44.9 Å². The Morgan fingerprint density at radius 3 is 2.36 bits per heavy atom. The summed E-state index contributed by atoms with van der Waals surface area (Å²) in [7, 11) is 0. The standard InChI is InChI=1S/C28H32N2O6/c1-18(29-16-26(33)23-9-10-25(32)24(14-23)17-31)11-20-3-2-4-21(12-20)13-27(34)30-15-19-5-7-22(8-6-19)28(35)36/h2-10,12,14,18,26,29,31-33H,11,13,15-17H2,1H3,(H,30,34)(H,35,36)/t18-,26+/m1/s1. The van der Waals surface area contributed by atoms with E-state index in [4.69, 9.17) is 5.11 Å². The van der Waals surface area contributed by atoms with Gasteiger partial charge in [-0.3, -0.25) is 4.79 Å². The van der Waals surface area contributed by atoms with Gasteiger partial charge in [-0.05, 0) is 59.9 Å². The smallest absolute Gasteiger partial charge is 0.335 e. The number of benzene rings is 3. The first-order valence-corrected chi connectivity index (χ1v) is 11.8. The number of aliphatic hydroxyl groups excluding tert-OH is 2. The van der Waals surface area contributed by atoms with Gasteiger partial charge in [-0.25, -0.2) is 4.79 Å². The first-order chi connectivity index (χ1) is 17.2. The van der Waals surface area contributed by atoms with Crippen molar-refractivity contribution < 1.29 is 30.0 Å². The van der Waals surface area contributed by atoms with E-state index in [1.165, 1.54) is 18.2 Å². The molecule has 0 heterocycles. The molecular formula is C28H32N2O6. The highest BCUT2D eigenvalue weighted by molar-refractivity contribution is 5.87. The summed E-state index contributed by atoms with van der Waals surface area (Å²) >= 11 is 0. The third-order valence-corrected chi connectivity index (χ3v) is 5.91. The maximum absolute atomic E-state index is 12.4. The molecule has 0 saturated carbocycles. The quantitative estimate of drug-likeness (QED) is 0.229. The first-order valence-electron chi connectivity index (χ1n) is 11.8. The van der Waals surface area contributed by atoms with Gasteiger partial charge in [0.25, 0.3) is 0 Å². The molecule has 0 fully saturated rings. The number of carboxylic acids is 1. The molecular weight excluding hydrogens is 460 g/mol. The Kier molecular flexibility index (Phi) is 9.58. The summed E-state index contributed by atoms with van der Waals surface area (Å²) < 4.78 is 0. The van der Waals surface area contributed by atoms with Crippen LogP contribution in [0.3, 0.4) is 0 Å². The Balaban J connectivity index is 1.47. The number of hydrogen-bond acceptors (Lipinski definition) is 6. The first kappa shape index (κ1) is 26.9. The van der Waals surface area contributed by atoms with Gasteiger partial charge in [0.2, 0.25) is 5.91 Å². The van der Waals surface area contributed by atoms with Gasteiger partial charge in [0, 0.05) is 24.7 Å². The molecule has 3 aromatic carbocycles. The predicted molar refractivity (Wildman–Crippen MR) is 136 cm³/mol. The van der Waals surface area contributed by atoms with Gasteiger partial charge in [-0.2, -0.15) is 0 Å². The summed E-state index contributed by atoms with van der Waals surface area (Å²) in [6.45, 7) is 2.34. The Hall–Kier alpha value is -3.72. The molecule has 0 unspecified atom stereocenters. The molecule has 190 valence electrons. The van der Waals surface area contributed by atoms with Gasteiger partial charge >= 0.3 is 5.97 Å². The predicted octanol–water partition coefficient (Wildman–Crippen LogP) is 2.70. The number of rotatable bonds is 12. The van der Waals surface area contributed by atoms with E-state index in [-0.39, 0.29) is 36.3 Å². The lowest BCUT2D eigenvalue weighted by atomic mass is 10.0. The minimum atomic E-state index is -0.986. The number of amides is 1. The van der Waals surface area contributed by atoms with Crippen molar-refractivity contribution in [2.75, 3.05) is 6.54 Å². The number of carbonyl (C=O) groups excluding carboxylic acids is 1. The number of hydrogen-bond donors (Lipinski definition) is 6. The molecule has 0 bridgehead atoms. The fourth-order valence-electron chi connectivity index (χ4n) is 3.88. The van der Waals surface area contributed by atoms with Crippen LogP contribution in [0.1, 0.15) is 51.2 Å². The number of nitrogens with one attached hydrogen (secondary N) is 2. The third-order valence-electron chi connectivity index (χ3n) is 5.91. The molecule has 0 aliphatic heterocycles. The lowest BCUT2D eigenvalue weighted by Gasteiger charge is -2.18. The van der Waals surface area contributed by atoms with Crippen molar-refractivity contribution in [2.24, 2.45) is 0 Å². The normalized spacial score (nSPS) is 12.6. The average Bonchev–Trinajstić information content (AvgIpc) is 2.86. The largest absolute Gasteiger partial charge is 0.508 e.